The molecule has 29 heavy (non-hydrogen) atoms. The first-order valence-corrected chi connectivity index (χ1v) is 8.93. The molecule has 150 valence electrons. The van der Waals surface area contributed by atoms with Crippen LogP contribution in [0.4, 0.5) is 4.39 Å². The molecule has 0 bridgehead atoms. The van der Waals surface area contributed by atoms with Gasteiger partial charge in [0.05, 0.1) is 5.97 Å². The lowest BCUT2D eigenvalue weighted by Gasteiger charge is -2.40. The maximum Gasteiger partial charge on any atom is 0.317 e. The van der Waals surface area contributed by atoms with Gasteiger partial charge in [0, 0.05) is 18.5 Å². The SMILES string of the molecule is CO[C@](c1ccccc1)(c1ccc(F)cc1)[C@H](Oc1nc(C)cc(C)n1)C(=O)[O-]. The van der Waals surface area contributed by atoms with E-state index in [0.717, 1.165) is 0 Å². The number of carboxylic acids is 1. The molecule has 3 aromatic rings. The van der Waals surface area contributed by atoms with Gasteiger partial charge in [0.1, 0.15) is 5.82 Å². The Labute approximate surface area is 168 Å². The highest BCUT2D eigenvalue weighted by molar-refractivity contribution is 5.74. The van der Waals surface area contributed by atoms with E-state index < -0.39 is 23.5 Å². The summed E-state index contributed by atoms with van der Waals surface area (Å²) in [5.74, 6) is -1.99. The first kappa shape index (κ1) is 20.4. The largest absolute Gasteiger partial charge is 0.546 e. The van der Waals surface area contributed by atoms with Crippen LogP contribution in [0.5, 0.6) is 6.01 Å². The summed E-state index contributed by atoms with van der Waals surface area (Å²) in [6.45, 7) is 3.49. The van der Waals surface area contributed by atoms with Gasteiger partial charge >= 0.3 is 6.01 Å². The molecule has 3 rings (SSSR count). The van der Waals surface area contributed by atoms with Crippen LogP contribution in [0.3, 0.4) is 0 Å². The summed E-state index contributed by atoms with van der Waals surface area (Å²) >= 11 is 0. The third-order valence-electron chi connectivity index (χ3n) is 4.57. The van der Waals surface area contributed by atoms with E-state index in [1.54, 1.807) is 50.2 Å². The maximum atomic E-state index is 13.6. The van der Waals surface area contributed by atoms with Crippen molar-refractivity contribution in [3.8, 4) is 6.01 Å². The number of aromatic nitrogens is 2. The molecular formula is C22H20FN2O4-. The quantitative estimate of drug-likeness (QED) is 0.610. The van der Waals surface area contributed by atoms with Crippen LogP contribution in [0.15, 0.2) is 60.7 Å². The fourth-order valence-corrected chi connectivity index (χ4v) is 3.34. The molecule has 0 saturated carbocycles. The van der Waals surface area contributed by atoms with Crippen molar-refractivity contribution in [3.05, 3.63) is 89.0 Å². The van der Waals surface area contributed by atoms with Crippen LogP contribution in [0, 0.1) is 19.7 Å². The second-order valence-electron chi connectivity index (χ2n) is 6.56. The van der Waals surface area contributed by atoms with Gasteiger partial charge < -0.3 is 19.4 Å². The molecule has 0 aliphatic carbocycles. The molecule has 6 nitrogen and oxygen atoms in total. The Morgan fingerprint density at radius 3 is 2.07 bits per heavy atom. The van der Waals surface area contributed by atoms with Crippen LogP contribution in [-0.4, -0.2) is 29.2 Å². The second kappa shape index (κ2) is 8.36. The summed E-state index contributed by atoms with van der Waals surface area (Å²) in [7, 11) is 1.36. The lowest BCUT2D eigenvalue weighted by atomic mass is 9.81. The predicted octanol–water partition coefficient (Wildman–Crippen LogP) is 2.32. The molecule has 0 spiro atoms. The van der Waals surface area contributed by atoms with E-state index in [-0.39, 0.29) is 6.01 Å². The standard InChI is InChI=1S/C22H21FN2O4/c1-14-13-15(2)25-21(24-14)29-19(20(26)27)22(28-3,16-7-5-4-6-8-16)17-9-11-18(23)12-10-17/h4-13,19H,1-3H3,(H,26,27)/p-1/t19-,22-/m1/s1. The highest BCUT2D eigenvalue weighted by atomic mass is 19.1. The Morgan fingerprint density at radius 2 is 1.55 bits per heavy atom. The Morgan fingerprint density at radius 1 is 1.00 bits per heavy atom. The zero-order chi connectivity index (χ0) is 21.0. The fourth-order valence-electron chi connectivity index (χ4n) is 3.34. The van der Waals surface area contributed by atoms with Crippen LogP contribution >= 0.6 is 0 Å². The van der Waals surface area contributed by atoms with Crippen LogP contribution in [0.25, 0.3) is 0 Å². The summed E-state index contributed by atoms with van der Waals surface area (Å²) in [5.41, 5.74) is 0.483. The number of halogens is 1. The average molecular weight is 395 g/mol. The van der Waals surface area contributed by atoms with Gasteiger partial charge in [0.15, 0.2) is 11.7 Å². The smallest absolute Gasteiger partial charge is 0.317 e. The number of benzene rings is 2. The van der Waals surface area contributed by atoms with Crippen molar-refractivity contribution in [3.63, 3.8) is 0 Å². The molecule has 1 aromatic heterocycles. The van der Waals surface area contributed by atoms with Crippen LogP contribution in [0.1, 0.15) is 22.5 Å². The fraction of sp³-hybridized carbons (Fsp3) is 0.227. The number of aliphatic carboxylic acids is 1. The normalized spacial score (nSPS) is 14.1. The number of aryl methyl sites for hydroxylation is 2. The zero-order valence-corrected chi connectivity index (χ0v) is 16.3. The van der Waals surface area contributed by atoms with E-state index >= 15 is 0 Å². The van der Waals surface area contributed by atoms with Crippen molar-refractivity contribution in [1.82, 2.24) is 9.97 Å². The first-order chi connectivity index (χ1) is 13.9. The molecule has 0 unspecified atom stereocenters. The van der Waals surface area contributed by atoms with E-state index in [1.165, 1.54) is 31.4 Å². The van der Waals surface area contributed by atoms with Gasteiger partial charge in [-0.2, -0.15) is 0 Å². The predicted molar refractivity (Wildman–Crippen MR) is 102 cm³/mol. The van der Waals surface area contributed by atoms with Crippen molar-refractivity contribution < 1.29 is 23.8 Å². The van der Waals surface area contributed by atoms with E-state index in [0.29, 0.717) is 22.5 Å². The van der Waals surface area contributed by atoms with Crippen molar-refractivity contribution in [1.29, 1.82) is 0 Å². The number of carbonyl (C=O) groups is 1. The molecule has 2 atom stereocenters. The highest BCUT2D eigenvalue weighted by Crippen LogP contribution is 2.38. The van der Waals surface area contributed by atoms with Gasteiger partial charge in [0.2, 0.25) is 0 Å². The highest BCUT2D eigenvalue weighted by Gasteiger charge is 2.46. The molecule has 1 heterocycles. The van der Waals surface area contributed by atoms with Gasteiger partial charge in [-0.05, 0) is 43.2 Å². The van der Waals surface area contributed by atoms with Crippen LogP contribution in [0.2, 0.25) is 0 Å². The van der Waals surface area contributed by atoms with E-state index in [9.17, 15) is 14.3 Å². The Bertz CT molecular complexity index is 975. The summed E-state index contributed by atoms with van der Waals surface area (Å²) in [5, 5.41) is 12.2. The molecule has 0 amide bonds. The third-order valence-corrected chi connectivity index (χ3v) is 4.57. The minimum absolute atomic E-state index is 0.115. The number of rotatable bonds is 7. The lowest BCUT2D eigenvalue weighted by molar-refractivity contribution is -0.320. The van der Waals surface area contributed by atoms with E-state index in [1.807, 2.05) is 0 Å². The maximum absolute atomic E-state index is 13.6. The summed E-state index contributed by atoms with van der Waals surface area (Å²) in [6, 6.07) is 15.7. The molecule has 0 aliphatic rings. The second-order valence-corrected chi connectivity index (χ2v) is 6.56. The molecule has 0 radical (unpaired) electrons. The van der Waals surface area contributed by atoms with Crippen molar-refractivity contribution in [2.24, 2.45) is 0 Å². The average Bonchev–Trinajstić information content (AvgIpc) is 2.69. The molecule has 0 N–H and O–H groups in total. The molecule has 0 aliphatic heterocycles. The number of hydrogen-bond acceptors (Lipinski definition) is 6. The van der Waals surface area contributed by atoms with E-state index in [2.05, 4.69) is 9.97 Å². The number of carbonyl (C=O) groups excluding carboxylic acids is 1. The number of ether oxygens (including phenoxy) is 2. The van der Waals surface area contributed by atoms with Gasteiger partial charge in [-0.25, -0.2) is 14.4 Å². The van der Waals surface area contributed by atoms with Crippen molar-refractivity contribution in [2.75, 3.05) is 7.11 Å². The minimum atomic E-state index is -1.65. The molecular weight excluding hydrogens is 375 g/mol. The van der Waals surface area contributed by atoms with Gasteiger partial charge in [-0.15, -0.1) is 0 Å². The van der Waals surface area contributed by atoms with Gasteiger partial charge in [-0.3, -0.25) is 0 Å². The van der Waals surface area contributed by atoms with Crippen molar-refractivity contribution in [2.45, 2.75) is 25.6 Å². The summed E-state index contributed by atoms with van der Waals surface area (Å²) in [6.07, 6.45) is -1.65. The molecule has 0 saturated heterocycles. The van der Waals surface area contributed by atoms with Crippen LogP contribution < -0.4 is 9.84 Å². The van der Waals surface area contributed by atoms with Gasteiger partial charge in [-0.1, -0.05) is 42.5 Å². The minimum Gasteiger partial charge on any atom is -0.546 e. The van der Waals surface area contributed by atoms with Gasteiger partial charge in [0.25, 0.3) is 0 Å². The third kappa shape index (κ3) is 4.09. The number of carboxylic acid groups (broad SMARTS) is 1. The summed E-state index contributed by atoms with van der Waals surface area (Å²) in [4.78, 5) is 20.6. The number of nitrogens with zero attached hydrogens (tertiary/aromatic N) is 2. The van der Waals surface area contributed by atoms with Crippen molar-refractivity contribution >= 4 is 5.97 Å². The molecule has 7 heteroatoms. The topological polar surface area (TPSA) is 84.4 Å². The Balaban J connectivity index is 2.21. The lowest BCUT2D eigenvalue weighted by Crippen LogP contribution is -2.55. The molecule has 2 aromatic carbocycles. The number of hydrogen-bond donors (Lipinski definition) is 0. The first-order valence-electron chi connectivity index (χ1n) is 8.93. The van der Waals surface area contributed by atoms with E-state index in [4.69, 9.17) is 9.47 Å². The zero-order valence-electron chi connectivity index (χ0n) is 16.3. The molecule has 0 fully saturated rings. The van der Waals surface area contributed by atoms with Crippen LogP contribution in [-0.2, 0) is 15.1 Å². The number of methoxy groups -OCH3 is 1. The monoisotopic (exact) mass is 395 g/mol. The summed E-state index contributed by atoms with van der Waals surface area (Å²) < 4.78 is 25.1. The Kier molecular flexibility index (Phi) is 5.89. The Hall–Kier alpha value is -3.32.